The van der Waals surface area contributed by atoms with E-state index in [-0.39, 0.29) is 0 Å². The molecule has 0 radical (unpaired) electrons. The molecular formula is C6H6ClNO2S. The molecule has 1 rings (SSSR count). The van der Waals surface area contributed by atoms with Crippen LogP contribution >= 0.6 is 11.6 Å². The zero-order chi connectivity index (χ0) is 8.43. The van der Waals surface area contributed by atoms with Gasteiger partial charge in [0, 0.05) is 6.20 Å². The van der Waals surface area contributed by atoms with E-state index < -0.39 is 11.1 Å². The van der Waals surface area contributed by atoms with E-state index in [1.54, 1.807) is 13.0 Å². The van der Waals surface area contributed by atoms with Crippen LogP contribution in [-0.2, 0) is 11.1 Å². The molecule has 1 atom stereocenters. The van der Waals surface area contributed by atoms with E-state index >= 15 is 0 Å². The van der Waals surface area contributed by atoms with Crippen molar-refractivity contribution in [2.45, 2.75) is 11.8 Å². The first-order valence-corrected chi connectivity index (χ1v) is 4.32. The van der Waals surface area contributed by atoms with Crippen LogP contribution in [0, 0.1) is 6.92 Å². The fourth-order valence-corrected chi connectivity index (χ4v) is 1.38. The molecule has 1 aromatic rings. The normalized spacial score (nSPS) is 13.0. The first-order chi connectivity index (χ1) is 5.11. The van der Waals surface area contributed by atoms with Gasteiger partial charge in [-0.2, -0.15) is 0 Å². The van der Waals surface area contributed by atoms with Gasteiger partial charge in [0.05, 0.1) is 4.90 Å². The zero-order valence-electron chi connectivity index (χ0n) is 5.74. The van der Waals surface area contributed by atoms with E-state index in [4.69, 9.17) is 16.2 Å². The average Bonchev–Trinajstić information content (AvgIpc) is 1.85. The summed E-state index contributed by atoms with van der Waals surface area (Å²) in [5.74, 6) is 0. The summed E-state index contributed by atoms with van der Waals surface area (Å²) in [7, 11) is 0. The predicted molar refractivity (Wildman–Crippen MR) is 43.0 cm³/mol. The van der Waals surface area contributed by atoms with Crippen LogP contribution in [0.3, 0.4) is 0 Å². The quantitative estimate of drug-likeness (QED) is 0.542. The largest absolute Gasteiger partial charge is 0.302 e. The summed E-state index contributed by atoms with van der Waals surface area (Å²) in [6, 6.07) is 1.55. The maximum Gasteiger partial charge on any atom is 0.188 e. The number of aromatic nitrogens is 1. The summed E-state index contributed by atoms with van der Waals surface area (Å²) < 4.78 is 19.2. The number of nitrogens with zero attached hydrogens (tertiary/aromatic N) is 1. The lowest BCUT2D eigenvalue weighted by atomic mass is 10.3. The summed E-state index contributed by atoms with van der Waals surface area (Å²) in [6.45, 7) is 1.71. The second-order valence-electron chi connectivity index (χ2n) is 2.02. The van der Waals surface area contributed by atoms with Crippen molar-refractivity contribution in [3.8, 4) is 0 Å². The molecule has 11 heavy (non-hydrogen) atoms. The average molecular weight is 192 g/mol. The van der Waals surface area contributed by atoms with Gasteiger partial charge >= 0.3 is 0 Å². The van der Waals surface area contributed by atoms with E-state index in [9.17, 15) is 4.21 Å². The molecule has 0 fully saturated rings. The van der Waals surface area contributed by atoms with Crippen LogP contribution in [0.15, 0.2) is 17.2 Å². The molecule has 0 aliphatic rings. The van der Waals surface area contributed by atoms with Crippen LogP contribution < -0.4 is 0 Å². The number of pyridine rings is 1. The Morgan fingerprint density at radius 3 is 2.82 bits per heavy atom. The highest BCUT2D eigenvalue weighted by Gasteiger charge is 2.04. The Bertz CT molecular complexity index is 303. The van der Waals surface area contributed by atoms with Crippen LogP contribution in [0.1, 0.15) is 5.56 Å². The standard InChI is InChI=1S/C6H6ClNO2S/c1-4-2-6(7)8-3-5(4)11(9)10/h2-3H,1H3,(H,9,10). The monoisotopic (exact) mass is 191 g/mol. The number of hydrogen-bond acceptors (Lipinski definition) is 2. The summed E-state index contributed by atoms with van der Waals surface area (Å²) >= 11 is 3.56. The van der Waals surface area contributed by atoms with Gasteiger partial charge in [-0.1, -0.05) is 11.6 Å². The molecule has 0 aliphatic carbocycles. The maximum atomic E-state index is 10.6. The Labute approximate surface area is 71.7 Å². The minimum Gasteiger partial charge on any atom is -0.302 e. The Balaban J connectivity index is 3.20. The summed E-state index contributed by atoms with van der Waals surface area (Å²) in [5, 5.41) is 0.330. The van der Waals surface area contributed by atoms with Gasteiger partial charge < -0.3 is 4.55 Å². The van der Waals surface area contributed by atoms with Gasteiger partial charge in [-0.15, -0.1) is 0 Å². The third kappa shape index (κ3) is 1.99. The third-order valence-electron chi connectivity index (χ3n) is 1.22. The topological polar surface area (TPSA) is 50.2 Å². The molecule has 1 heterocycles. The van der Waals surface area contributed by atoms with E-state index in [0.29, 0.717) is 15.6 Å². The van der Waals surface area contributed by atoms with E-state index in [0.717, 1.165) is 0 Å². The SMILES string of the molecule is Cc1cc(Cl)ncc1S(=O)O. The van der Waals surface area contributed by atoms with E-state index in [1.807, 2.05) is 0 Å². The van der Waals surface area contributed by atoms with Gasteiger partial charge in [0.25, 0.3) is 0 Å². The van der Waals surface area contributed by atoms with Crippen molar-refractivity contribution >= 4 is 22.7 Å². The smallest absolute Gasteiger partial charge is 0.188 e. The van der Waals surface area contributed by atoms with Crippen molar-refractivity contribution < 1.29 is 8.76 Å². The molecular weight excluding hydrogens is 186 g/mol. The Morgan fingerprint density at radius 2 is 2.36 bits per heavy atom. The second kappa shape index (κ2) is 3.30. The molecule has 5 heteroatoms. The van der Waals surface area contributed by atoms with Gasteiger partial charge in [-0.3, -0.25) is 0 Å². The van der Waals surface area contributed by atoms with Crippen molar-refractivity contribution in [2.75, 3.05) is 0 Å². The Hall–Kier alpha value is -0.450. The Kier molecular flexibility index (Phi) is 2.59. The van der Waals surface area contributed by atoms with Crippen molar-refractivity contribution in [1.29, 1.82) is 0 Å². The molecule has 0 amide bonds. The van der Waals surface area contributed by atoms with Gasteiger partial charge in [0.15, 0.2) is 11.1 Å². The summed E-state index contributed by atoms with van der Waals surface area (Å²) in [4.78, 5) is 3.97. The zero-order valence-corrected chi connectivity index (χ0v) is 7.32. The molecule has 1 unspecified atom stereocenters. The fraction of sp³-hybridized carbons (Fsp3) is 0.167. The summed E-state index contributed by atoms with van der Waals surface area (Å²) in [6.07, 6.45) is 1.30. The molecule has 0 spiro atoms. The summed E-state index contributed by atoms with van der Waals surface area (Å²) in [5.41, 5.74) is 0.672. The Morgan fingerprint density at radius 1 is 1.73 bits per heavy atom. The lowest BCUT2D eigenvalue weighted by Crippen LogP contribution is -1.93. The number of hydrogen-bond donors (Lipinski definition) is 1. The van der Waals surface area contributed by atoms with Gasteiger partial charge in [-0.25, -0.2) is 9.19 Å². The number of halogens is 1. The van der Waals surface area contributed by atoms with Gasteiger partial charge in [0.2, 0.25) is 0 Å². The molecule has 0 saturated carbocycles. The minimum absolute atomic E-state index is 0.300. The maximum absolute atomic E-state index is 10.6. The van der Waals surface area contributed by atoms with Crippen LogP contribution in [0.2, 0.25) is 5.15 Å². The van der Waals surface area contributed by atoms with E-state index in [1.165, 1.54) is 6.20 Å². The number of rotatable bonds is 1. The highest BCUT2D eigenvalue weighted by Crippen LogP contribution is 2.13. The molecule has 3 nitrogen and oxygen atoms in total. The second-order valence-corrected chi connectivity index (χ2v) is 3.35. The highest BCUT2D eigenvalue weighted by atomic mass is 35.5. The van der Waals surface area contributed by atoms with Gasteiger partial charge in [-0.05, 0) is 18.6 Å². The molecule has 0 aromatic carbocycles. The molecule has 0 saturated heterocycles. The minimum atomic E-state index is -1.97. The van der Waals surface area contributed by atoms with Crippen molar-refractivity contribution in [2.24, 2.45) is 0 Å². The van der Waals surface area contributed by atoms with Crippen LogP contribution in [0.25, 0.3) is 0 Å². The molecule has 1 aromatic heterocycles. The molecule has 0 bridgehead atoms. The lowest BCUT2D eigenvalue weighted by Gasteiger charge is -1.98. The number of aryl methyl sites for hydroxylation is 1. The first-order valence-electron chi connectivity index (χ1n) is 2.84. The van der Waals surface area contributed by atoms with Crippen LogP contribution in [-0.4, -0.2) is 13.7 Å². The molecule has 1 N–H and O–H groups in total. The highest BCUT2D eigenvalue weighted by molar-refractivity contribution is 7.79. The fourth-order valence-electron chi connectivity index (χ4n) is 0.692. The predicted octanol–water partition coefficient (Wildman–Crippen LogP) is 1.62. The van der Waals surface area contributed by atoms with Crippen molar-refractivity contribution in [3.63, 3.8) is 0 Å². The first kappa shape index (κ1) is 8.64. The van der Waals surface area contributed by atoms with Gasteiger partial charge in [0.1, 0.15) is 5.15 Å². The third-order valence-corrected chi connectivity index (χ3v) is 2.23. The van der Waals surface area contributed by atoms with Crippen molar-refractivity contribution in [1.82, 2.24) is 4.98 Å². The van der Waals surface area contributed by atoms with Crippen molar-refractivity contribution in [3.05, 3.63) is 23.0 Å². The van der Waals surface area contributed by atoms with E-state index in [2.05, 4.69) is 4.98 Å². The van der Waals surface area contributed by atoms with Crippen LogP contribution in [0.4, 0.5) is 0 Å². The van der Waals surface area contributed by atoms with Crippen LogP contribution in [0.5, 0.6) is 0 Å². The molecule has 60 valence electrons. The lowest BCUT2D eigenvalue weighted by molar-refractivity contribution is 0.563. The molecule has 0 aliphatic heterocycles.